The first-order valence-electron chi connectivity index (χ1n) is 10.7. The number of benzene rings is 2. The van der Waals surface area contributed by atoms with Crippen molar-refractivity contribution in [3.63, 3.8) is 0 Å². The van der Waals surface area contributed by atoms with E-state index in [1.165, 1.54) is 19.1 Å². The number of carbonyl (C=O) groups is 2. The van der Waals surface area contributed by atoms with Gasteiger partial charge < -0.3 is 19.1 Å². The van der Waals surface area contributed by atoms with E-state index in [9.17, 15) is 14.7 Å². The summed E-state index contributed by atoms with van der Waals surface area (Å²) in [7, 11) is 3.01. The van der Waals surface area contributed by atoms with Gasteiger partial charge in [0.25, 0.3) is 5.78 Å². The third-order valence-corrected chi connectivity index (χ3v) is 5.70. The summed E-state index contributed by atoms with van der Waals surface area (Å²) in [6.45, 7) is 5.85. The predicted octanol–water partition coefficient (Wildman–Crippen LogP) is 4.62. The molecule has 0 saturated carbocycles. The fourth-order valence-electron chi connectivity index (χ4n) is 3.89. The molecule has 3 aromatic rings. The van der Waals surface area contributed by atoms with Gasteiger partial charge in [-0.05, 0) is 17.7 Å². The number of aliphatic hydroxyl groups is 1. The monoisotopic (exact) mass is 462 g/mol. The lowest BCUT2D eigenvalue weighted by Gasteiger charge is -2.23. The summed E-state index contributed by atoms with van der Waals surface area (Å²) in [6.07, 6.45) is 0. The van der Waals surface area contributed by atoms with E-state index >= 15 is 0 Å². The minimum Gasteiger partial charge on any atom is -0.507 e. The summed E-state index contributed by atoms with van der Waals surface area (Å²) in [6, 6.07) is 14.4. The third-order valence-electron chi connectivity index (χ3n) is 5.70. The second-order valence-electron chi connectivity index (χ2n) is 8.95. The molecular weight excluding hydrogens is 436 g/mol. The fourth-order valence-corrected chi connectivity index (χ4v) is 3.89. The van der Waals surface area contributed by atoms with Crippen LogP contribution in [-0.2, 0) is 15.0 Å². The van der Waals surface area contributed by atoms with Crippen LogP contribution in [-0.4, -0.2) is 36.2 Å². The fraction of sp³-hybridized carbons (Fsp3) is 0.269. The molecule has 0 aliphatic carbocycles. The van der Waals surface area contributed by atoms with Crippen molar-refractivity contribution >= 4 is 23.3 Å². The second kappa shape index (κ2) is 8.70. The van der Waals surface area contributed by atoms with Crippen LogP contribution in [0.15, 0.2) is 64.7 Å². The Kier molecular flexibility index (Phi) is 5.91. The highest BCUT2D eigenvalue weighted by atomic mass is 16.5. The third kappa shape index (κ3) is 3.91. The minimum absolute atomic E-state index is 0.0521. The average molecular weight is 463 g/mol. The number of Topliss-reactive ketones (excluding diaryl/α,β-unsaturated/α-hetero) is 1. The highest BCUT2D eigenvalue weighted by Gasteiger charge is 2.48. The number of anilines is 1. The van der Waals surface area contributed by atoms with Crippen molar-refractivity contribution < 1.29 is 28.7 Å². The van der Waals surface area contributed by atoms with E-state index in [0.29, 0.717) is 28.4 Å². The van der Waals surface area contributed by atoms with Crippen LogP contribution in [0.4, 0.5) is 5.82 Å². The lowest BCUT2D eigenvalue weighted by molar-refractivity contribution is -0.132. The number of rotatable bonds is 5. The topological polar surface area (TPSA) is 102 Å². The van der Waals surface area contributed by atoms with Gasteiger partial charge in [-0.25, -0.2) is 0 Å². The molecule has 2 heterocycles. The number of aliphatic hydroxyl groups excluding tert-OH is 1. The van der Waals surface area contributed by atoms with Crippen molar-refractivity contribution in [2.45, 2.75) is 32.2 Å². The molecular formula is C26H26N2O6. The van der Waals surface area contributed by atoms with Crippen molar-refractivity contribution in [3.8, 4) is 11.5 Å². The number of hydrogen-bond donors (Lipinski definition) is 1. The predicted molar refractivity (Wildman–Crippen MR) is 126 cm³/mol. The number of hydrogen-bond acceptors (Lipinski definition) is 7. The zero-order chi connectivity index (χ0) is 24.6. The normalized spacial score (nSPS) is 17.8. The van der Waals surface area contributed by atoms with Crippen LogP contribution in [0.25, 0.3) is 5.76 Å². The quantitative estimate of drug-likeness (QED) is 0.335. The van der Waals surface area contributed by atoms with Gasteiger partial charge in [-0.3, -0.25) is 14.5 Å². The molecule has 1 aliphatic rings. The molecule has 1 saturated heterocycles. The van der Waals surface area contributed by atoms with Crippen molar-refractivity contribution in [2.75, 3.05) is 19.1 Å². The molecule has 1 N–H and O–H groups in total. The first-order chi connectivity index (χ1) is 16.2. The molecule has 1 aromatic heterocycles. The molecule has 1 atom stereocenters. The maximum Gasteiger partial charge on any atom is 0.301 e. The van der Waals surface area contributed by atoms with Crippen LogP contribution in [0.5, 0.6) is 11.5 Å². The van der Waals surface area contributed by atoms with Crippen molar-refractivity contribution in [3.05, 3.63) is 77.1 Å². The first-order valence-corrected chi connectivity index (χ1v) is 10.7. The van der Waals surface area contributed by atoms with Crippen molar-refractivity contribution in [1.82, 2.24) is 5.16 Å². The van der Waals surface area contributed by atoms with Gasteiger partial charge in [0.2, 0.25) is 0 Å². The number of aromatic nitrogens is 1. The molecule has 176 valence electrons. The van der Waals surface area contributed by atoms with E-state index in [1.54, 1.807) is 54.6 Å². The number of amides is 1. The minimum atomic E-state index is -0.960. The second-order valence-corrected chi connectivity index (χ2v) is 8.95. The summed E-state index contributed by atoms with van der Waals surface area (Å²) in [4.78, 5) is 27.8. The van der Waals surface area contributed by atoms with E-state index < -0.39 is 17.7 Å². The van der Waals surface area contributed by atoms with Gasteiger partial charge in [0.15, 0.2) is 17.3 Å². The highest BCUT2D eigenvalue weighted by molar-refractivity contribution is 6.51. The molecule has 34 heavy (non-hydrogen) atoms. The Bertz CT molecular complexity index is 1270. The first kappa shape index (κ1) is 23.1. The highest BCUT2D eigenvalue weighted by Crippen LogP contribution is 2.44. The van der Waals surface area contributed by atoms with Crippen LogP contribution in [0.3, 0.4) is 0 Å². The molecule has 8 nitrogen and oxygen atoms in total. The van der Waals surface area contributed by atoms with Gasteiger partial charge in [0.1, 0.15) is 11.5 Å². The maximum atomic E-state index is 13.3. The zero-order valence-corrected chi connectivity index (χ0v) is 19.7. The number of nitrogens with zero attached hydrogens (tertiary/aromatic N) is 2. The van der Waals surface area contributed by atoms with Crippen LogP contribution in [0, 0.1) is 0 Å². The Morgan fingerprint density at radius 3 is 2.26 bits per heavy atom. The average Bonchev–Trinajstić information content (AvgIpc) is 3.42. The summed E-state index contributed by atoms with van der Waals surface area (Å²) in [5, 5.41) is 15.2. The molecule has 1 fully saturated rings. The SMILES string of the molecule is COc1ccc([C@@H]2C(=C(O)c3ccccc3)C(=O)C(=O)N2c2cc(C(C)(C)C)on2)cc1OC. The van der Waals surface area contributed by atoms with E-state index in [4.69, 9.17) is 14.0 Å². The Balaban J connectivity index is 1.95. The van der Waals surface area contributed by atoms with Gasteiger partial charge in [0.05, 0.1) is 25.8 Å². The van der Waals surface area contributed by atoms with E-state index in [0.717, 1.165) is 0 Å². The Morgan fingerprint density at radius 1 is 1.00 bits per heavy atom. The number of methoxy groups -OCH3 is 2. The van der Waals surface area contributed by atoms with Gasteiger partial charge in [-0.15, -0.1) is 0 Å². The molecule has 0 bridgehead atoms. The van der Waals surface area contributed by atoms with Crippen LogP contribution < -0.4 is 14.4 Å². The Hall–Kier alpha value is -4.07. The van der Waals surface area contributed by atoms with E-state index in [2.05, 4.69) is 5.16 Å². The smallest absolute Gasteiger partial charge is 0.301 e. The molecule has 4 rings (SSSR count). The van der Waals surface area contributed by atoms with Gasteiger partial charge in [-0.1, -0.05) is 62.3 Å². The Labute approximate surface area is 197 Å². The molecule has 2 aromatic carbocycles. The lowest BCUT2D eigenvalue weighted by atomic mass is 9.93. The molecule has 1 aliphatic heterocycles. The zero-order valence-electron chi connectivity index (χ0n) is 19.7. The largest absolute Gasteiger partial charge is 0.507 e. The molecule has 0 radical (unpaired) electrons. The number of ketones is 1. The maximum absolute atomic E-state index is 13.3. The summed E-state index contributed by atoms with van der Waals surface area (Å²) in [5.74, 6) is -0.269. The number of carbonyl (C=O) groups excluding carboxylic acids is 2. The standard InChI is InChI=1S/C26H26N2O6/c1-26(2,3)19-14-20(27-34-19)28-22(16-11-12-17(32-4)18(13-16)33-5)21(24(30)25(28)31)23(29)15-9-7-6-8-10-15/h6-14,22,29H,1-5H3/t22-/m1/s1. The summed E-state index contributed by atoms with van der Waals surface area (Å²) >= 11 is 0. The lowest BCUT2D eigenvalue weighted by Crippen LogP contribution is -2.29. The van der Waals surface area contributed by atoms with Gasteiger partial charge >= 0.3 is 5.91 Å². The van der Waals surface area contributed by atoms with Gasteiger partial charge in [0, 0.05) is 17.0 Å². The van der Waals surface area contributed by atoms with E-state index in [-0.39, 0.29) is 22.6 Å². The van der Waals surface area contributed by atoms with Crippen molar-refractivity contribution in [2.24, 2.45) is 0 Å². The number of ether oxygens (including phenoxy) is 2. The van der Waals surface area contributed by atoms with Crippen molar-refractivity contribution in [1.29, 1.82) is 0 Å². The molecule has 8 heteroatoms. The van der Waals surface area contributed by atoms with E-state index in [1.807, 2.05) is 20.8 Å². The van der Waals surface area contributed by atoms with Gasteiger partial charge in [-0.2, -0.15) is 0 Å². The molecule has 1 amide bonds. The summed E-state index contributed by atoms with van der Waals surface area (Å²) < 4.78 is 16.3. The van der Waals surface area contributed by atoms with Crippen LogP contribution in [0.1, 0.15) is 43.7 Å². The molecule has 0 spiro atoms. The molecule has 0 unspecified atom stereocenters. The summed E-state index contributed by atoms with van der Waals surface area (Å²) in [5.41, 5.74) is 0.543. The Morgan fingerprint density at radius 2 is 1.68 bits per heavy atom. The van der Waals surface area contributed by atoms with Crippen LogP contribution >= 0.6 is 0 Å². The van der Waals surface area contributed by atoms with Crippen LogP contribution in [0.2, 0.25) is 0 Å².